The topological polar surface area (TPSA) is 61.7 Å². The number of fused-ring (bicyclic) bond motifs is 1. The summed E-state index contributed by atoms with van der Waals surface area (Å²) >= 11 is 6.38. The fraction of sp³-hybridized carbons (Fsp3) is 0.370. The molecule has 0 spiro atoms. The lowest BCUT2D eigenvalue weighted by molar-refractivity contribution is -0.116. The lowest BCUT2D eigenvalue weighted by Crippen LogP contribution is -2.39. The third-order valence-electron chi connectivity index (χ3n) is 6.42. The Morgan fingerprint density at radius 3 is 2.47 bits per heavy atom. The van der Waals surface area contributed by atoms with Gasteiger partial charge < -0.3 is 9.80 Å². The third kappa shape index (κ3) is 6.12. The van der Waals surface area contributed by atoms with E-state index in [1.165, 1.54) is 12.1 Å². The average molecular weight is 512 g/mol. The number of carbonyl (C=O) groups is 2. The molecule has 190 valence electrons. The Hall–Kier alpha value is -3.23. The molecule has 0 radical (unpaired) electrons. The monoisotopic (exact) mass is 511 g/mol. The minimum absolute atomic E-state index is 0.0469. The van der Waals surface area contributed by atoms with E-state index in [0.29, 0.717) is 44.3 Å². The number of benzene rings is 2. The molecule has 0 bridgehead atoms. The lowest BCUT2D eigenvalue weighted by atomic mass is 10.1. The molecule has 2 aromatic carbocycles. The van der Waals surface area contributed by atoms with E-state index in [1.54, 1.807) is 39.7 Å². The third-order valence-corrected chi connectivity index (χ3v) is 6.69. The summed E-state index contributed by atoms with van der Waals surface area (Å²) in [6.45, 7) is 7.37. The summed E-state index contributed by atoms with van der Waals surface area (Å²) in [5.74, 6) is -0.571. The summed E-state index contributed by atoms with van der Waals surface area (Å²) in [5.41, 5.74) is 2.90. The van der Waals surface area contributed by atoms with Gasteiger partial charge in [-0.3, -0.25) is 19.2 Å². The van der Waals surface area contributed by atoms with Crippen LogP contribution in [-0.2, 0) is 24.4 Å². The molecule has 7 nitrogen and oxygen atoms in total. The highest BCUT2D eigenvalue weighted by molar-refractivity contribution is 6.33. The molecule has 1 aliphatic rings. The Morgan fingerprint density at radius 2 is 1.78 bits per heavy atom. The Labute approximate surface area is 216 Å². The SMILES string of the molecule is CCn1cc(Cl)c(C(=O)N2CCN(Cc3ccc(F)cc3)CCCN(C(C)=O)c3ccccc3C2)n1. The number of carbonyl (C=O) groups excluding carboxylic acids is 2. The summed E-state index contributed by atoms with van der Waals surface area (Å²) in [6, 6.07) is 14.2. The molecular formula is C27H31ClFN5O2. The van der Waals surface area contributed by atoms with Crippen LogP contribution in [0, 0.1) is 5.82 Å². The Bertz CT molecular complexity index is 1210. The standard InChI is InChI=1S/C27H31ClFN5O2/c1-3-33-19-24(28)26(30-33)27(36)32-16-15-31(17-21-9-11-23(29)12-10-21)13-6-14-34(20(2)35)25-8-5-4-7-22(25)18-32/h4-5,7-12,19H,3,6,13-18H2,1-2H3. The fourth-order valence-corrected chi connectivity index (χ4v) is 4.73. The maximum Gasteiger partial charge on any atom is 0.276 e. The minimum atomic E-state index is -0.272. The van der Waals surface area contributed by atoms with Crippen LogP contribution in [0.5, 0.6) is 0 Å². The molecule has 0 saturated heterocycles. The van der Waals surface area contributed by atoms with Crippen molar-refractivity contribution in [3.05, 3.63) is 82.4 Å². The van der Waals surface area contributed by atoms with Gasteiger partial charge in [-0.15, -0.1) is 0 Å². The second-order valence-corrected chi connectivity index (χ2v) is 9.37. The number of hydrogen-bond donors (Lipinski definition) is 0. The smallest absolute Gasteiger partial charge is 0.276 e. The van der Waals surface area contributed by atoms with E-state index >= 15 is 0 Å². The number of halogens is 2. The van der Waals surface area contributed by atoms with Gasteiger partial charge >= 0.3 is 0 Å². The zero-order valence-electron chi connectivity index (χ0n) is 20.7. The first kappa shape index (κ1) is 25.9. The van der Waals surface area contributed by atoms with Crippen LogP contribution in [0.1, 0.15) is 41.9 Å². The maximum atomic E-state index is 13.7. The molecular weight excluding hydrogens is 481 g/mol. The first-order valence-electron chi connectivity index (χ1n) is 12.2. The molecule has 0 fully saturated rings. The van der Waals surface area contributed by atoms with E-state index in [2.05, 4.69) is 10.00 Å². The van der Waals surface area contributed by atoms with Gasteiger partial charge in [0, 0.05) is 64.6 Å². The molecule has 2 amide bonds. The molecule has 3 aromatic rings. The van der Waals surface area contributed by atoms with Gasteiger partial charge in [-0.1, -0.05) is 41.9 Å². The summed E-state index contributed by atoms with van der Waals surface area (Å²) in [5, 5.41) is 4.71. The number of aryl methyl sites for hydroxylation is 1. The number of amides is 2. The van der Waals surface area contributed by atoms with Crippen LogP contribution in [-0.4, -0.2) is 57.6 Å². The molecule has 2 heterocycles. The largest absolute Gasteiger partial charge is 0.332 e. The zero-order valence-corrected chi connectivity index (χ0v) is 21.4. The average Bonchev–Trinajstić information content (AvgIpc) is 3.24. The molecule has 1 aromatic heterocycles. The summed E-state index contributed by atoms with van der Waals surface area (Å²) in [7, 11) is 0. The van der Waals surface area contributed by atoms with Crippen molar-refractivity contribution in [3.8, 4) is 0 Å². The van der Waals surface area contributed by atoms with Crippen molar-refractivity contribution in [1.29, 1.82) is 0 Å². The molecule has 36 heavy (non-hydrogen) atoms. The van der Waals surface area contributed by atoms with Gasteiger partial charge in [0.2, 0.25) is 5.91 Å². The van der Waals surface area contributed by atoms with Crippen LogP contribution in [0.4, 0.5) is 10.1 Å². The zero-order chi connectivity index (χ0) is 25.7. The summed E-state index contributed by atoms with van der Waals surface area (Å²) in [6.07, 6.45) is 2.42. The molecule has 1 aliphatic heterocycles. The molecule has 0 N–H and O–H groups in total. The van der Waals surface area contributed by atoms with Gasteiger partial charge in [-0.2, -0.15) is 5.10 Å². The molecule has 0 aliphatic carbocycles. The van der Waals surface area contributed by atoms with Crippen molar-refractivity contribution in [2.45, 2.75) is 39.9 Å². The predicted molar refractivity (Wildman–Crippen MR) is 138 cm³/mol. The number of aromatic nitrogens is 2. The molecule has 0 saturated carbocycles. The molecule has 0 atom stereocenters. The molecule has 4 rings (SSSR count). The molecule has 0 unspecified atom stereocenters. The Balaban J connectivity index is 1.67. The van der Waals surface area contributed by atoms with E-state index in [9.17, 15) is 14.0 Å². The first-order valence-corrected chi connectivity index (χ1v) is 12.6. The number of para-hydroxylation sites is 1. The van der Waals surface area contributed by atoms with Crippen molar-refractivity contribution in [1.82, 2.24) is 19.6 Å². The van der Waals surface area contributed by atoms with Gasteiger partial charge in [-0.05, 0) is 42.7 Å². The number of anilines is 1. The minimum Gasteiger partial charge on any atom is -0.332 e. The van der Waals surface area contributed by atoms with E-state index in [1.807, 2.05) is 31.2 Å². The second-order valence-electron chi connectivity index (χ2n) is 8.96. The van der Waals surface area contributed by atoms with E-state index in [0.717, 1.165) is 29.8 Å². The Kier molecular flexibility index (Phi) is 8.38. The van der Waals surface area contributed by atoms with Gasteiger partial charge in [0.15, 0.2) is 5.69 Å². The number of nitrogens with zero attached hydrogens (tertiary/aromatic N) is 5. The quantitative estimate of drug-likeness (QED) is 0.514. The van der Waals surface area contributed by atoms with Gasteiger partial charge in [-0.25, -0.2) is 4.39 Å². The number of hydrogen-bond acceptors (Lipinski definition) is 4. The maximum absolute atomic E-state index is 13.7. The predicted octanol–water partition coefficient (Wildman–Crippen LogP) is 4.60. The summed E-state index contributed by atoms with van der Waals surface area (Å²) < 4.78 is 15.1. The molecule has 9 heteroatoms. The highest BCUT2D eigenvalue weighted by atomic mass is 35.5. The highest BCUT2D eigenvalue weighted by Gasteiger charge is 2.26. The van der Waals surface area contributed by atoms with Gasteiger partial charge in [0.1, 0.15) is 5.82 Å². The lowest BCUT2D eigenvalue weighted by Gasteiger charge is -2.27. The van der Waals surface area contributed by atoms with Crippen LogP contribution in [0.3, 0.4) is 0 Å². The van der Waals surface area contributed by atoms with E-state index < -0.39 is 0 Å². The van der Waals surface area contributed by atoms with E-state index in [4.69, 9.17) is 11.6 Å². The van der Waals surface area contributed by atoms with Crippen LogP contribution < -0.4 is 4.90 Å². The van der Waals surface area contributed by atoms with Gasteiger partial charge in [0.25, 0.3) is 5.91 Å². The van der Waals surface area contributed by atoms with Gasteiger partial charge in [0.05, 0.1) is 5.02 Å². The summed E-state index contributed by atoms with van der Waals surface area (Å²) in [4.78, 5) is 32.0. The Morgan fingerprint density at radius 1 is 1.03 bits per heavy atom. The van der Waals surface area contributed by atoms with Crippen molar-refractivity contribution >= 4 is 29.1 Å². The van der Waals surface area contributed by atoms with Crippen LogP contribution in [0.25, 0.3) is 0 Å². The van der Waals surface area contributed by atoms with Crippen molar-refractivity contribution < 1.29 is 14.0 Å². The van der Waals surface area contributed by atoms with Crippen molar-refractivity contribution in [2.24, 2.45) is 0 Å². The van der Waals surface area contributed by atoms with Crippen LogP contribution >= 0.6 is 11.6 Å². The van der Waals surface area contributed by atoms with Crippen molar-refractivity contribution in [2.75, 3.05) is 31.1 Å². The van der Waals surface area contributed by atoms with E-state index in [-0.39, 0.29) is 23.3 Å². The first-order chi connectivity index (χ1) is 17.4. The van der Waals surface area contributed by atoms with Crippen molar-refractivity contribution in [3.63, 3.8) is 0 Å². The van der Waals surface area contributed by atoms with Crippen LogP contribution in [0.2, 0.25) is 5.02 Å². The van der Waals surface area contributed by atoms with Crippen LogP contribution in [0.15, 0.2) is 54.7 Å². The highest BCUT2D eigenvalue weighted by Crippen LogP contribution is 2.25. The fourth-order valence-electron chi connectivity index (χ4n) is 4.50. The normalized spacial score (nSPS) is 15.3. The number of rotatable bonds is 4. The second kappa shape index (κ2) is 11.7.